The summed E-state index contributed by atoms with van der Waals surface area (Å²) < 4.78 is 0. The number of likely N-dealkylation sites (tertiary alicyclic amines) is 1. The van der Waals surface area contributed by atoms with Crippen LogP contribution < -0.4 is 4.90 Å². The number of hydrogen-bond acceptors (Lipinski definition) is 4. The number of hydrogen-bond donors (Lipinski definition) is 1. The van der Waals surface area contributed by atoms with Gasteiger partial charge in [-0.2, -0.15) is 0 Å². The maximum atomic E-state index is 13.7. The number of aliphatic carboxylic acids is 1. The number of amides is 1. The third kappa shape index (κ3) is 5.76. The van der Waals surface area contributed by atoms with Gasteiger partial charge in [-0.05, 0) is 49.1 Å². The van der Waals surface area contributed by atoms with Gasteiger partial charge in [-0.1, -0.05) is 86.3 Å². The molecule has 6 heteroatoms. The normalized spacial score (nSPS) is 17.1. The van der Waals surface area contributed by atoms with E-state index in [1.165, 1.54) is 11.1 Å². The second kappa shape index (κ2) is 12.3. The smallest absolute Gasteiger partial charge is 0.305 e. The van der Waals surface area contributed by atoms with Crippen LogP contribution in [0.4, 0.5) is 5.69 Å². The fraction of sp³-hybridized carbons (Fsp3) is 0.375. The van der Waals surface area contributed by atoms with Gasteiger partial charge in [0.25, 0.3) is 0 Å². The number of rotatable bonds is 9. The summed E-state index contributed by atoms with van der Waals surface area (Å²) in [6.07, 6.45) is 2.47. The van der Waals surface area contributed by atoms with E-state index in [-0.39, 0.29) is 26.3 Å². The Bertz CT molecular complexity index is 1140. The van der Waals surface area contributed by atoms with E-state index in [1.54, 1.807) is 4.90 Å². The van der Waals surface area contributed by atoms with Crippen LogP contribution in [0, 0.1) is 0 Å². The number of nitrogens with zero attached hydrogens (tertiary/aromatic N) is 3. The van der Waals surface area contributed by atoms with E-state index in [9.17, 15) is 14.7 Å². The molecule has 200 valence electrons. The number of carbonyl (C=O) groups is 2. The minimum absolute atomic E-state index is 0. The molecule has 2 heterocycles. The predicted molar refractivity (Wildman–Crippen MR) is 152 cm³/mol. The summed E-state index contributed by atoms with van der Waals surface area (Å²) in [5.74, 6) is -0.469. The van der Waals surface area contributed by atoms with Crippen molar-refractivity contribution >= 4 is 17.6 Å². The Morgan fingerprint density at radius 2 is 1.34 bits per heavy atom. The van der Waals surface area contributed by atoms with Crippen molar-refractivity contribution in [3.05, 3.63) is 102 Å². The van der Waals surface area contributed by atoms with Crippen molar-refractivity contribution in [1.82, 2.24) is 9.80 Å². The molecular weight excluding hydrogens is 474 g/mol. The Labute approximate surface area is 226 Å². The molecule has 1 spiro atoms. The number of carbonyl (C=O) groups excluding carboxylic acids is 1. The molecule has 5 rings (SSSR count). The van der Waals surface area contributed by atoms with Crippen LogP contribution in [0.1, 0.15) is 50.2 Å². The van der Waals surface area contributed by atoms with Crippen molar-refractivity contribution in [2.24, 2.45) is 0 Å². The molecule has 6 nitrogen and oxygen atoms in total. The summed E-state index contributed by atoms with van der Waals surface area (Å²) in [7, 11) is 0. The quantitative estimate of drug-likeness (QED) is 0.412. The summed E-state index contributed by atoms with van der Waals surface area (Å²) >= 11 is 0. The van der Waals surface area contributed by atoms with Crippen LogP contribution in [0.15, 0.2) is 91.0 Å². The van der Waals surface area contributed by atoms with Gasteiger partial charge >= 0.3 is 5.97 Å². The van der Waals surface area contributed by atoms with Crippen LogP contribution in [0.5, 0.6) is 0 Å². The maximum absolute atomic E-state index is 13.7. The molecular formula is C32H39N3O3. The molecule has 2 fully saturated rings. The Kier molecular flexibility index (Phi) is 8.85. The van der Waals surface area contributed by atoms with Gasteiger partial charge in [0.15, 0.2) is 0 Å². The summed E-state index contributed by atoms with van der Waals surface area (Å²) in [6.45, 7) is 3.35. The lowest BCUT2D eigenvalue weighted by molar-refractivity contribution is -0.138. The second-order valence-electron chi connectivity index (χ2n) is 10.2. The van der Waals surface area contributed by atoms with Crippen molar-refractivity contribution in [2.75, 3.05) is 37.7 Å². The predicted octanol–water partition coefficient (Wildman–Crippen LogP) is 5.46. The second-order valence-corrected chi connectivity index (χ2v) is 10.2. The van der Waals surface area contributed by atoms with E-state index in [0.29, 0.717) is 12.6 Å². The maximum Gasteiger partial charge on any atom is 0.305 e. The molecule has 3 aromatic rings. The van der Waals surface area contributed by atoms with Crippen LogP contribution in [-0.2, 0) is 9.59 Å². The van der Waals surface area contributed by atoms with Gasteiger partial charge in [-0.3, -0.25) is 9.59 Å². The topological polar surface area (TPSA) is 64.1 Å². The van der Waals surface area contributed by atoms with E-state index < -0.39 is 11.5 Å². The fourth-order valence-corrected chi connectivity index (χ4v) is 5.96. The molecule has 2 saturated heterocycles. The largest absolute Gasteiger partial charge is 0.481 e. The average molecular weight is 514 g/mol. The first-order valence-corrected chi connectivity index (χ1v) is 13.2. The van der Waals surface area contributed by atoms with E-state index in [2.05, 4.69) is 70.5 Å². The molecule has 0 saturated carbocycles. The van der Waals surface area contributed by atoms with Gasteiger partial charge in [0.2, 0.25) is 5.91 Å². The highest BCUT2D eigenvalue weighted by Crippen LogP contribution is 2.40. The van der Waals surface area contributed by atoms with E-state index in [4.69, 9.17) is 0 Å². The molecule has 0 bridgehead atoms. The minimum Gasteiger partial charge on any atom is -0.481 e. The van der Waals surface area contributed by atoms with Crippen LogP contribution >= 0.6 is 0 Å². The molecule has 0 unspecified atom stereocenters. The third-order valence-corrected chi connectivity index (χ3v) is 8.00. The molecule has 0 atom stereocenters. The monoisotopic (exact) mass is 513 g/mol. The Morgan fingerprint density at radius 3 is 1.87 bits per heavy atom. The van der Waals surface area contributed by atoms with Crippen LogP contribution in [0.25, 0.3) is 0 Å². The third-order valence-electron chi connectivity index (χ3n) is 8.00. The van der Waals surface area contributed by atoms with Crippen molar-refractivity contribution < 1.29 is 14.7 Å². The van der Waals surface area contributed by atoms with Crippen molar-refractivity contribution in [1.29, 1.82) is 0 Å². The summed E-state index contributed by atoms with van der Waals surface area (Å²) in [6, 6.07) is 31.5. The van der Waals surface area contributed by atoms with Gasteiger partial charge in [0, 0.05) is 31.2 Å². The average Bonchev–Trinajstić information content (AvgIpc) is 3.21. The number of benzene rings is 3. The van der Waals surface area contributed by atoms with Crippen LogP contribution in [-0.4, -0.2) is 65.2 Å². The number of carboxylic acid groups (broad SMARTS) is 1. The molecule has 0 radical (unpaired) electrons. The SMILES string of the molecule is C.O=C(O)CCN1CN(c2ccccc2)C2(CCN(CCC(c3ccccc3)c3ccccc3)CC2)C1=O. The van der Waals surface area contributed by atoms with E-state index >= 15 is 0 Å². The Morgan fingerprint density at radius 1 is 0.816 bits per heavy atom. The molecule has 1 amide bonds. The zero-order valence-corrected chi connectivity index (χ0v) is 21.2. The first-order valence-electron chi connectivity index (χ1n) is 13.2. The first-order chi connectivity index (χ1) is 18.1. The Balaban J connectivity index is 0.00000336. The molecule has 1 N–H and O–H groups in total. The highest BCUT2D eigenvalue weighted by Gasteiger charge is 2.53. The zero-order chi connectivity index (χ0) is 25.7. The van der Waals surface area contributed by atoms with Crippen molar-refractivity contribution in [2.45, 2.75) is 44.6 Å². The number of para-hydroxylation sites is 1. The lowest BCUT2D eigenvalue weighted by atomic mass is 9.84. The van der Waals surface area contributed by atoms with Gasteiger partial charge in [-0.25, -0.2) is 0 Å². The zero-order valence-electron chi connectivity index (χ0n) is 21.2. The van der Waals surface area contributed by atoms with Gasteiger partial charge < -0.3 is 19.8 Å². The number of anilines is 1. The van der Waals surface area contributed by atoms with Crippen LogP contribution in [0.3, 0.4) is 0 Å². The van der Waals surface area contributed by atoms with Crippen molar-refractivity contribution in [3.8, 4) is 0 Å². The summed E-state index contributed by atoms with van der Waals surface area (Å²) in [4.78, 5) is 31.3. The Hall–Kier alpha value is -3.64. The van der Waals surface area contributed by atoms with Gasteiger partial charge in [0.1, 0.15) is 5.54 Å². The van der Waals surface area contributed by atoms with Crippen LogP contribution in [0.2, 0.25) is 0 Å². The van der Waals surface area contributed by atoms with Gasteiger partial charge in [0.05, 0.1) is 13.1 Å². The molecule has 0 aromatic heterocycles. The fourth-order valence-electron chi connectivity index (χ4n) is 5.96. The lowest BCUT2D eigenvalue weighted by Crippen LogP contribution is -2.56. The number of carboxylic acids is 1. The summed E-state index contributed by atoms with van der Waals surface area (Å²) in [5.41, 5.74) is 3.08. The molecule has 3 aromatic carbocycles. The standard InChI is InChI=1S/C31H35N3O3.CH4/c35-29(36)17-21-33-24-34(27-14-8-3-9-15-27)31(30(33)37)18-22-32(23-19-31)20-16-28(25-10-4-1-5-11-25)26-12-6-2-7-13-26;/h1-15,28H,16-24H2,(H,35,36);1H4. The highest BCUT2D eigenvalue weighted by atomic mass is 16.4. The lowest BCUT2D eigenvalue weighted by Gasteiger charge is -2.43. The molecule has 0 aliphatic carbocycles. The summed E-state index contributed by atoms with van der Waals surface area (Å²) in [5, 5.41) is 9.19. The molecule has 38 heavy (non-hydrogen) atoms. The molecule has 2 aliphatic rings. The van der Waals surface area contributed by atoms with Gasteiger partial charge in [-0.15, -0.1) is 0 Å². The molecule has 2 aliphatic heterocycles. The van der Waals surface area contributed by atoms with E-state index in [1.807, 2.05) is 30.3 Å². The van der Waals surface area contributed by atoms with E-state index in [0.717, 1.165) is 44.6 Å². The first kappa shape index (κ1) is 27.4. The van der Waals surface area contributed by atoms with Crippen molar-refractivity contribution in [3.63, 3.8) is 0 Å². The highest BCUT2D eigenvalue weighted by molar-refractivity contribution is 5.93. The number of piperidine rings is 1. The minimum atomic E-state index is -0.874.